The maximum atomic E-state index is 11.4. The number of methoxy groups -OCH3 is 2. The second-order valence-electron chi connectivity index (χ2n) is 4.80. The predicted molar refractivity (Wildman–Crippen MR) is 78.1 cm³/mol. The maximum absolute atomic E-state index is 11.4. The third kappa shape index (κ3) is 2.86. The fourth-order valence-corrected chi connectivity index (χ4v) is 2.35. The molecule has 1 aromatic heterocycles. The molecule has 6 nitrogen and oxygen atoms in total. The fraction of sp³-hybridized carbons (Fsp3) is 0.312. The Morgan fingerprint density at radius 2 is 1.77 bits per heavy atom. The second kappa shape index (κ2) is 6.01. The van der Waals surface area contributed by atoms with Gasteiger partial charge in [-0.05, 0) is 18.1 Å². The standard InChI is InChI=1S/C16H16O6/c1-18-12-6-11(22-16(17)7-12)4-3-10-5-14-15(21-9-20-14)8-13(10)19-2/h5-8H,3-4,9H2,1-2H3. The van der Waals surface area contributed by atoms with Crippen LogP contribution >= 0.6 is 0 Å². The van der Waals surface area contributed by atoms with E-state index in [9.17, 15) is 4.79 Å². The van der Waals surface area contributed by atoms with E-state index in [1.807, 2.05) is 6.07 Å². The monoisotopic (exact) mass is 304 g/mol. The normalized spacial score (nSPS) is 12.3. The first-order valence-corrected chi connectivity index (χ1v) is 6.84. The summed E-state index contributed by atoms with van der Waals surface area (Å²) in [5, 5.41) is 0. The molecule has 0 fully saturated rings. The summed E-state index contributed by atoms with van der Waals surface area (Å²) in [4.78, 5) is 11.4. The molecule has 1 aromatic carbocycles. The Kier molecular flexibility index (Phi) is 3.91. The fourth-order valence-electron chi connectivity index (χ4n) is 2.35. The van der Waals surface area contributed by atoms with Gasteiger partial charge >= 0.3 is 5.63 Å². The zero-order valence-corrected chi connectivity index (χ0v) is 12.4. The van der Waals surface area contributed by atoms with Crippen LogP contribution in [0.2, 0.25) is 0 Å². The molecular formula is C16H16O6. The lowest BCUT2D eigenvalue weighted by molar-refractivity contribution is 0.174. The molecule has 6 heteroatoms. The van der Waals surface area contributed by atoms with E-state index in [1.54, 1.807) is 19.2 Å². The van der Waals surface area contributed by atoms with Crippen molar-refractivity contribution < 1.29 is 23.4 Å². The highest BCUT2D eigenvalue weighted by Crippen LogP contribution is 2.38. The zero-order valence-electron chi connectivity index (χ0n) is 12.4. The quantitative estimate of drug-likeness (QED) is 0.843. The molecule has 116 valence electrons. The van der Waals surface area contributed by atoms with Gasteiger partial charge in [-0.2, -0.15) is 0 Å². The van der Waals surface area contributed by atoms with Gasteiger partial charge in [-0.15, -0.1) is 0 Å². The topological polar surface area (TPSA) is 67.1 Å². The molecule has 0 amide bonds. The Hall–Kier alpha value is -2.63. The van der Waals surface area contributed by atoms with Gasteiger partial charge in [-0.3, -0.25) is 0 Å². The predicted octanol–water partition coefficient (Wildman–Crippen LogP) is 2.17. The Bertz CT molecular complexity index is 734. The molecular weight excluding hydrogens is 288 g/mol. The summed E-state index contributed by atoms with van der Waals surface area (Å²) in [6.07, 6.45) is 1.18. The van der Waals surface area contributed by atoms with Gasteiger partial charge in [0.05, 0.1) is 20.3 Å². The number of rotatable bonds is 5. The first-order chi connectivity index (χ1) is 10.7. The molecule has 0 aliphatic carbocycles. The average molecular weight is 304 g/mol. The van der Waals surface area contributed by atoms with Crippen LogP contribution in [0, 0.1) is 0 Å². The molecule has 0 spiro atoms. The van der Waals surface area contributed by atoms with E-state index in [4.69, 9.17) is 23.4 Å². The third-order valence-corrected chi connectivity index (χ3v) is 3.45. The summed E-state index contributed by atoms with van der Waals surface area (Å²) >= 11 is 0. The van der Waals surface area contributed by atoms with E-state index in [0.29, 0.717) is 35.9 Å². The van der Waals surface area contributed by atoms with Crippen molar-refractivity contribution in [3.05, 3.63) is 46.0 Å². The van der Waals surface area contributed by atoms with Gasteiger partial charge in [0.1, 0.15) is 17.3 Å². The first-order valence-electron chi connectivity index (χ1n) is 6.84. The van der Waals surface area contributed by atoms with Crippen molar-refractivity contribution in [2.45, 2.75) is 12.8 Å². The van der Waals surface area contributed by atoms with Gasteiger partial charge in [-0.25, -0.2) is 4.79 Å². The molecule has 0 radical (unpaired) electrons. The van der Waals surface area contributed by atoms with Crippen LogP contribution in [0.15, 0.2) is 33.5 Å². The molecule has 1 aliphatic heterocycles. The summed E-state index contributed by atoms with van der Waals surface area (Å²) in [6.45, 7) is 0.215. The highest BCUT2D eigenvalue weighted by atomic mass is 16.7. The Morgan fingerprint density at radius 3 is 2.50 bits per heavy atom. The Morgan fingerprint density at radius 1 is 1.00 bits per heavy atom. The van der Waals surface area contributed by atoms with Gasteiger partial charge in [0, 0.05) is 18.6 Å². The van der Waals surface area contributed by atoms with Crippen LogP contribution in [0.25, 0.3) is 0 Å². The van der Waals surface area contributed by atoms with Crippen LogP contribution in [-0.4, -0.2) is 21.0 Å². The van der Waals surface area contributed by atoms with Crippen LogP contribution in [-0.2, 0) is 12.8 Å². The lowest BCUT2D eigenvalue weighted by Crippen LogP contribution is -2.03. The van der Waals surface area contributed by atoms with Gasteiger partial charge in [0.2, 0.25) is 6.79 Å². The second-order valence-corrected chi connectivity index (χ2v) is 4.80. The van der Waals surface area contributed by atoms with Crippen molar-refractivity contribution in [3.8, 4) is 23.0 Å². The molecule has 1 aliphatic rings. The van der Waals surface area contributed by atoms with Crippen molar-refractivity contribution >= 4 is 0 Å². The number of ether oxygens (including phenoxy) is 4. The summed E-state index contributed by atoms with van der Waals surface area (Å²) < 4.78 is 26.3. The van der Waals surface area contributed by atoms with Crippen LogP contribution in [0.4, 0.5) is 0 Å². The van der Waals surface area contributed by atoms with E-state index < -0.39 is 5.63 Å². The van der Waals surface area contributed by atoms with Gasteiger partial charge in [0.15, 0.2) is 11.5 Å². The van der Waals surface area contributed by atoms with Crippen LogP contribution in [0.1, 0.15) is 11.3 Å². The van der Waals surface area contributed by atoms with E-state index in [2.05, 4.69) is 0 Å². The van der Waals surface area contributed by atoms with Crippen molar-refractivity contribution in [1.29, 1.82) is 0 Å². The number of aryl methyl sites for hydroxylation is 2. The maximum Gasteiger partial charge on any atom is 0.339 e. The highest BCUT2D eigenvalue weighted by molar-refractivity contribution is 5.52. The molecule has 2 heterocycles. The van der Waals surface area contributed by atoms with Gasteiger partial charge in [0.25, 0.3) is 0 Å². The van der Waals surface area contributed by atoms with Gasteiger partial charge < -0.3 is 23.4 Å². The lowest BCUT2D eigenvalue weighted by atomic mass is 10.1. The van der Waals surface area contributed by atoms with Crippen molar-refractivity contribution in [2.24, 2.45) is 0 Å². The lowest BCUT2D eigenvalue weighted by Gasteiger charge is -2.10. The Labute approximate surface area is 127 Å². The largest absolute Gasteiger partial charge is 0.496 e. The van der Waals surface area contributed by atoms with Crippen molar-refractivity contribution in [2.75, 3.05) is 21.0 Å². The third-order valence-electron chi connectivity index (χ3n) is 3.45. The SMILES string of the molecule is COc1cc(CCc2cc3c(cc2OC)OCO3)oc(=O)c1. The summed E-state index contributed by atoms with van der Waals surface area (Å²) in [6, 6.07) is 6.71. The molecule has 0 unspecified atom stereocenters. The molecule has 0 bridgehead atoms. The minimum absolute atomic E-state index is 0.215. The zero-order chi connectivity index (χ0) is 15.5. The molecule has 22 heavy (non-hydrogen) atoms. The number of hydrogen-bond acceptors (Lipinski definition) is 6. The van der Waals surface area contributed by atoms with Crippen LogP contribution in [0.3, 0.4) is 0 Å². The first kappa shape index (κ1) is 14.3. The number of hydrogen-bond donors (Lipinski definition) is 0. The Balaban J connectivity index is 1.82. The smallest absolute Gasteiger partial charge is 0.339 e. The van der Waals surface area contributed by atoms with E-state index >= 15 is 0 Å². The number of fused-ring (bicyclic) bond motifs is 1. The van der Waals surface area contributed by atoms with E-state index in [0.717, 1.165) is 11.3 Å². The van der Waals surface area contributed by atoms with Crippen LogP contribution in [0.5, 0.6) is 23.0 Å². The molecule has 0 N–H and O–H groups in total. The van der Waals surface area contributed by atoms with Crippen molar-refractivity contribution in [1.82, 2.24) is 0 Å². The van der Waals surface area contributed by atoms with E-state index in [1.165, 1.54) is 13.2 Å². The average Bonchev–Trinajstić information content (AvgIpc) is 2.98. The molecule has 2 aromatic rings. The van der Waals surface area contributed by atoms with Crippen LogP contribution < -0.4 is 24.6 Å². The summed E-state index contributed by atoms with van der Waals surface area (Å²) in [5.41, 5.74) is 0.532. The van der Waals surface area contributed by atoms with Gasteiger partial charge in [-0.1, -0.05) is 0 Å². The minimum atomic E-state index is -0.424. The molecule has 0 atom stereocenters. The summed E-state index contributed by atoms with van der Waals surface area (Å²) in [5.74, 6) is 3.14. The minimum Gasteiger partial charge on any atom is -0.496 e. The number of benzene rings is 1. The molecule has 3 rings (SSSR count). The molecule has 0 saturated carbocycles. The highest BCUT2D eigenvalue weighted by Gasteiger charge is 2.18. The van der Waals surface area contributed by atoms with Crippen molar-refractivity contribution in [3.63, 3.8) is 0 Å². The molecule has 0 saturated heterocycles. The van der Waals surface area contributed by atoms with E-state index in [-0.39, 0.29) is 6.79 Å². The summed E-state index contributed by atoms with van der Waals surface area (Å²) in [7, 11) is 3.12.